The van der Waals surface area contributed by atoms with Crippen molar-refractivity contribution in [2.24, 2.45) is 0 Å². The van der Waals surface area contributed by atoms with E-state index < -0.39 is 15.6 Å². The maximum atomic E-state index is 11.8. The molecule has 0 rings (SSSR count). The molecule has 17 heavy (non-hydrogen) atoms. The maximum Gasteiger partial charge on any atom is 0.484 e. The Morgan fingerprint density at radius 2 is 1.41 bits per heavy atom. The molecule has 0 aliphatic heterocycles. The van der Waals surface area contributed by atoms with Gasteiger partial charge in [-0.1, -0.05) is 24.3 Å². The average Bonchev–Trinajstić information content (AvgIpc) is 2.09. The standard InChI is InChI=1S/C8H16O7P2/c1-7(2)5-13-17(12,14-6-8(3)4)15-16(9,10)11/h1,3,5-6H2,2,4H3,(H2,9,10,11). The molecule has 0 unspecified atom stereocenters. The van der Waals surface area contributed by atoms with Gasteiger partial charge < -0.3 is 9.79 Å². The van der Waals surface area contributed by atoms with Gasteiger partial charge in [-0.2, -0.15) is 4.31 Å². The molecular weight excluding hydrogens is 270 g/mol. The lowest BCUT2D eigenvalue weighted by Crippen LogP contribution is -2.02. The van der Waals surface area contributed by atoms with E-state index in [1.54, 1.807) is 13.8 Å². The Morgan fingerprint density at radius 1 is 1.06 bits per heavy atom. The molecule has 0 atom stereocenters. The van der Waals surface area contributed by atoms with Gasteiger partial charge in [0.1, 0.15) is 0 Å². The van der Waals surface area contributed by atoms with Crippen molar-refractivity contribution in [1.29, 1.82) is 0 Å². The first kappa shape index (κ1) is 16.7. The molecule has 0 bridgehead atoms. The first-order valence-electron chi connectivity index (χ1n) is 4.49. The van der Waals surface area contributed by atoms with Crippen LogP contribution in [0, 0.1) is 0 Å². The van der Waals surface area contributed by atoms with E-state index in [-0.39, 0.29) is 13.2 Å². The highest BCUT2D eigenvalue weighted by molar-refractivity contribution is 7.61. The molecule has 9 heteroatoms. The van der Waals surface area contributed by atoms with E-state index >= 15 is 0 Å². The minimum atomic E-state index is -4.98. The van der Waals surface area contributed by atoms with Crippen molar-refractivity contribution in [2.45, 2.75) is 13.8 Å². The van der Waals surface area contributed by atoms with E-state index in [1.165, 1.54) is 0 Å². The SMILES string of the molecule is C=C(C)COP(=O)(OCC(=C)C)OP(=O)(O)O. The van der Waals surface area contributed by atoms with Gasteiger partial charge in [0.25, 0.3) is 0 Å². The summed E-state index contributed by atoms with van der Waals surface area (Å²) in [7, 11) is -9.31. The fourth-order valence-corrected chi connectivity index (χ4v) is 2.84. The highest BCUT2D eigenvalue weighted by Crippen LogP contribution is 2.61. The van der Waals surface area contributed by atoms with E-state index in [2.05, 4.69) is 17.5 Å². The second-order valence-corrected chi connectivity index (χ2v) is 6.53. The summed E-state index contributed by atoms with van der Waals surface area (Å²) in [6.45, 7) is 9.73. The first-order chi connectivity index (χ1) is 7.54. The van der Waals surface area contributed by atoms with Crippen LogP contribution in [0.4, 0.5) is 0 Å². The fourth-order valence-electron chi connectivity index (χ4n) is 0.593. The van der Waals surface area contributed by atoms with Crippen LogP contribution >= 0.6 is 15.6 Å². The quantitative estimate of drug-likeness (QED) is 0.521. The molecule has 100 valence electrons. The average molecular weight is 286 g/mol. The van der Waals surface area contributed by atoms with Crippen LogP contribution in [0.1, 0.15) is 13.8 Å². The third-order valence-corrected chi connectivity index (χ3v) is 3.69. The monoisotopic (exact) mass is 286 g/mol. The minimum absolute atomic E-state index is 0.201. The fraction of sp³-hybridized carbons (Fsp3) is 0.500. The van der Waals surface area contributed by atoms with Crippen molar-refractivity contribution in [1.82, 2.24) is 0 Å². The summed E-state index contributed by atoms with van der Waals surface area (Å²) in [4.78, 5) is 17.2. The first-order valence-corrected chi connectivity index (χ1v) is 7.48. The van der Waals surface area contributed by atoms with Gasteiger partial charge in [0.05, 0.1) is 13.2 Å². The predicted octanol–water partition coefficient (Wildman–Crippen LogP) is 2.39. The van der Waals surface area contributed by atoms with Crippen LogP contribution in [0.5, 0.6) is 0 Å². The Balaban J connectivity index is 4.68. The molecule has 0 saturated heterocycles. The molecule has 7 nitrogen and oxygen atoms in total. The van der Waals surface area contributed by atoms with E-state index in [0.717, 1.165) is 0 Å². The third kappa shape index (κ3) is 9.44. The molecule has 0 heterocycles. The smallest absolute Gasteiger partial charge is 0.302 e. The van der Waals surface area contributed by atoms with E-state index in [1.807, 2.05) is 0 Å². The molecule has 0 saturated carbocycles. The highest BCUT2D eigenvalue weighted by atomic mass is 31.3. The van der Waals surface area contributed by atoms with E-state index in [0.29, 0.717) is 11.1 Å². The van der Waals surface area contributed by atoms with Crippen molar-refractivity contribution in [3.8, 4) is 0 Å². The molecule has 0 aliphatic carbocycles. The highest BCUT2D eigenvalue weighted by Gasteiger charge is 2.35. The molecular formula is C8H16O7P2. The zero-order chi connectivity index (χ0) is 13.7. The van der Waals surface area contributed by atoms with Crippen molar-refractivity contribution in [3.63, 3.8) is 0 Å². The summed E-state index contributed by atoms with van der Waals surface area (Å²) in [5, 5.41) is 0. The number of phosphoric ester groups is 1. The Hall–Kier alpha value is -0.260. The van der Waals surface area contributed by atoms with Crippen LogP contribution in [-0.4, -0.2) is 23.0 Å². The summed E-state index contributed by atoms with van der Waals surface area (Å²) >= 11 is 0. The minimum Gasteiger partial charge on any atom is -0.302 e. The zero-order valence-corrected chi connectivity index (χ0v) is 11.4. The maximum absolute atomic E-state index is 11.8. The number of hydrogen-bond acceptors (Lipinski definition) is 5. The van der Waals surface area contributed by atoms with Gasteiger partial charge in [0, 0.05) is 0 Å². The van der Waals surface area contributed by atoms with Crippen molar-refractivity contribution < 1.29 is 32.3 Å². The molecule has 0 spiro atoms. The summed E-state index contributed by atoms with van der Waals surface area (Å²) in [5.74, 6) is 0. The van der Waals surface area contributed by atoms with Gasteiger partial charge in [-0.25, -0.2) is 9.13 Å². The molecule has 0 aromatic heterocycles. The van der Waals surface area contributed by atoms with Gasteiger partial charge in [0.2, 0.25) is 0 Å². The predicted molar refractivity (Wildman–Crippen MR) is 62.3 cm³/mol. The summed E-state index contributed by atoms with van der Waals surface area (Å²) < 4.78 is 35.8. The van der Waals surface area contributed by atoms with Crippen molar-refractivity contribution >= 4 is 15.6 Å². The topological polar surface area (TPSA) is 102 Å². The normalized spacial score (nSPS) is 12.5. The molecule has 0 aromatic rings. The molecule has 0 aromatic carbocycles. The van der Waals surface area contributed by atoms with Crippen LogP contribution in [0.3, 0.4) is 0 Å². The van der Waals surface area contributed by atoms with E-state index in [9.17, 15) is 9.13 Å². The lowest BCUT2D eigenvalue weighted by molar-refractivity contribution is 0.155. The van der Waals surface area contributed by atoms with Crippen LogP contribution in [-0.2, 0) is 22.5 Å². The van der Waals surface area contributed by atoms with Crippen LogP contribution in [0.15, 0.2) is 24.3 Å². The lowest BCUT2D eigenvalue weighted by Gasteiger charge is -2.18. The number of phosphoric acid groups is 2. The molecule has 0 radical (unpaired) electrons. The van der Waals surface area contributed by atoms with Gasteiger partial charge in [-0.3, -0.25) is 9.05 Å². The zero-order valence-electron chi connectivity index (χ0n) is 9.66. The Labute approximate surface area is 99.9 Å². The second kappa shape index (κ2) is 6.61. The lowest BCUT2D eigenvalue weighted by atomic mass is 10.4. The molecule has 0 aliphatic rings. The number of rotatable bonds is 8. The largest absolute Gasteiger partial charge is 0.484 e. The molecule has 0 fully saturated rings. The molecule has 2 N–H and O–H groups in total. The Bertz CT molecular complexity index is 361. The third-order valence-electron chi connectivity index (χ3n) is 1.14. The number of hydrogen-bond donors (Lipinski definition) is 2. The Kier molecular flexibility index (Phi) is 6.51. The van der Waals surface area contributed by atoms with Gasteiger partial charge in [-0.15, -0.1) is 0 Å². The van der Waals surface area contributed by atoms with Gasteiger partial charge in [0.15, 0.2) is 0 Å². The summed E-state index contributed by atoms with van der Waals surface area (Å²) in [6.07, 6.45) is 0. The summed E-state index contributed by atoms with van der Waals surface area (Å²) in [6, 6.07) is 0. The second-order valence-electron chi connectivity index (χ2n) is 3.48. The van der Waals surface area contributed by atoms with Crippen LogP contribution < -0.4 is 0 Å². The van der Waals surface area contributed by atoms with Gasteiger partial charge >= 0.3 is 15.6 Å². The molecule has 0 amide bonds. The van der Waals surface area contributed by atoms with Gasteiger partial charge in [-0.05, 0) is 13.8 Å². The Morgan fingerprint density at radius 3 is 1.65 bits per heavy atom. The van der Waals surface area contributed by atoms with Crippen LogP contribution in [0.25, 0.3) is 0 Å². The van der Waals surface area contributed by atoms with Crippen molar-refractivity contribution in [3.05, 3.63) is 24.3 Å². The van der Waals surface area contributed by atoms with E-state index in [4.69, 9.17) is 18.8 Å². The van der Waals surface area contributed by atoms with Crippen molar-refractivity contribution in [2.75, 3.05) is 13.2 Å². The summed E-state index contributed by atoms with van der Waals surface area (Å²) in [5.41, 5.74) is 0.997. The van der Waals surface area contributed by atoms with Crippen LogP contribution in [0.2, 0.25) is 0 Å².